The van der Waals surface area contributed by atoms with Gasteiger partial charge in [0.1, 0.15) is 25.0 Å². The molecule has 0 radical (unpaired) electrons. The van der Waals surface area contributed by atoms with Gasteiger partial charge in [-0.3, -0.25) is 14.6 Å². The number of amides is 2. The Morgan fingerprint density at radius 1 is 1.23 bits per heavy atom. The van der Waals surface area contributed by atoms with Gasteiger partial charge in [-0.2, -0.15) is 5.10 Å². The van der Waals surface area contributed by atoms with Gasteiger partial charge in [-0.1, -0.05) is 12.1 Å². The van der Waals surface area contributed by atoms with Crippen molar-refractivity contribution in [3.8, 4) is 5.75 Å². The Labute approximate surface area is 173 Å². The molecule has 1 N–H and O–H groups in total. The Bertz CT molecular complexity index is 993. The maximum Gasteiger partial charge on any atom is 0.229 e. The molecular weight excluding hydrogens is 384 g/mol. The van der Waals surface area contributed by atoms with E-state index in [2.05, 4.69) is 20.4 Å². The molecule has 2 amide bonds. The number of aromatic nitrogens is 4. The molecular formula is C21H22N6O3. The summed E-state index contributed by atoms with van der Waals surface area (Å²) in [4.78, 5) is 34.8. The van der Waals surface area contributed by atoms with Gasteiger partial charge in [-0.25, -0.2) is 9.67 Å². The van der Waals surface area contributed by atoms with Gasteiger partial charge in [0.25, 0.3) is 0 Å². The van der Waals surface area contributed by atoms with E-state index in [0.29, 0.717) is 37.7 Å². The maximum atomic E-state index is 12.7. The van der Waals surface area contributed by atoms with E-state index < -0.39 is 5.92 Å². The summed E-state index contributed by atoms with van der Waals surface area (Å²) in [6.45, 7) is 1.81. The van der Waals surface area contributed by atoms with Crippen LogP contribution in [-0.4, -0.2) is 49.6 Å². The lowest BCUT2D eigenvalue weighted by atomic mass is 10.1. The van der Waals surface area contributed by atoms with Gasteiger partial charge in [0.15, 0.2) is 0 Å². The third-order valence-corrected chi connectivity index (χ3v) is 4.82. The molecule has 3 aromatic rings. The van der Waals surface area contributed by atoms with Gasteiger partial charge in [-0.05, 0) is 24.3 Å². The van der Waals surface area contributed by atoms with Crippen LogP contribution in [0.3, 0.4) is 0 Å². The number of benzene rings is 1. The number of hydrogen-bond acceptors (Lipinski definition) is 6. The van der Waals surface area contributed by atoms with Crippen LogP contribution in [0.1, 0.15) is 12.1 Å². The van der Waals surface area contributed by atoms with Crippen LogP contribution in [0.2, 0.25) is 0 Å². The van der Waals surface area contributed by atoms with Crippen molar-refractivity contribution >= 4 is 17.5 Å². The van der Waals surface area contributed by atoms with Crippen LogP contribution in [-0.2, 0) is 22.7 Å². The van der Waals surface area contributed by atoms with E-state index in [1.807, 2.05) is 30.3 Å². The van der Waals surface area contributed by atoms with Crippen LogP contribution in [0.4, 0.5) is 5.69 Å². The first-order valence-electron chi connectivity index (χ1n) is 9.71. The molecule has 2 aromatic heterocycles. The van der Waals surface area contributed by atoms with Crippen LogP contribution >= 0.6 is 0 Å². The summed E-state index contributed by atoms with van der Waals surface area (Å²) >= 11 is 0. The van der Waals surface area contributed by atoms with E-state index in [1.165, 1.54) is 6.33 Å². The summed E-state index contributed by atoms with van der Waals surface area (Å²) in [7, 11) is 0. The lowest BCUT2D eigenvalue weighted by Gasteiger charge is -2.16. The number of rotatable bonds is 8. The number of hydrogen-bond donors (Lipinski definition) is 1. The summed E-state index contributed by atoms with van der Waals surface area (Å²) in [6.07, 6.45) is 5.00. The lowest BCUT2D eigenvalue weighted by molar-refractivity contribution is -0.128. The second kappa shape index (κ2) is 9.17. The Morgan fingerprint density at radius 3 is 2.97 bits per heavy atom. The first kappa shape index (κ1) is 19.6. The predicted molar refractivity (Wildman–Crippen MR) is 108 cm³/mol. The molecule has 1 aliphatic rings. The van der Waals surface area contributed by atoms with Gasteiger partial charge < -0.3 is 15.0 Å². The second-order valence-electron chi connectivity index (χ2n) is 7.02. The fourth-order valence-corrected chi connectivity index (χ4v) is 3.30. The number of pyridine rings is 1. The quantitative estimate of drug-likeness (QED) is 0.611. The molecule has 154 valence electrons. The zero-order valence-electron chi connectivity index (χ0n) is 16.3. The summed E-state index contributed by atoms with van der Waals surface area (Å²) in [6, 6.07) is 12.8. The molecule has 9 heteroatoms. The minimum Gasteiger partial charge on any atom is -0.492 e. The van der Waals surface area contributed by atoms with E-state index in [-0.39, 0.29) is 18.2 Å². The number of anilines is 1. The van der Waals surface area contributed by atoms with Crippen LogP contribution < -0.4 is 10.1 Å². The molecule has 9 nitrogen and oxygen atoms in total. The van der Waals surface area contributed by atoms with Crippen molar-refractivity contribution in [2.75, 3.05) is 18.5 Å². The predicted octanol–water partition coefficient (Wildman–Crippen LogP) is 1.74. The SMILES string of the molecule is O=C(Nc1cccc(OCCn2cncn2)c1)C1CC(=O)N(Cc2ccccn2)C1. The Kier molecular flexibility index (Phi) is 5.98. The van der Waals surface area contributed by atoms with Crippen molar-refractivity contribution in [3.05, 3.63) is 67.0 Å². The van der Waals surface area contributed by atoms with Crippen LogP contribution in [0.25, 0.3) is 0 Å². The highest BCUT2D eigenvalue weighted by molar-refractivity contribution is 5.97. The van der Waals surface area contributed by atoms with Crippen molar-refractivity contribution in [1.82, 2.24) is 24.6 Å². The highest BCUT2D eigenvalue weighted by Gasteiger charge is 2.34. The summed E-state index contributed by atoms with van der Waals surface area (Å²) in [5.41, 5.74) is 1.44. The molecule has 30 heavy (non-hydrogen) atoms. The Morgan fingerprint density at radius 2 is 2.17 bits per heavy atom. The average Bonchev–Trinajstić information content (AvgIpc) is 3.39. The average molecular weight is 406 g/mol. The first-order valence-corrected chi connectivity index (χ1v) is 9.71. The molecule has 4 rings (SSSR count). The van der Waals surface area contributed by atoms with E-state index >= 15 is 0 Å². The molecule has 1 aliphatic heterocycles. The smallest absolute Gasteiger partial charge is 0.229 e. The fraction of sp³-hybridized carbons (Fsp3) is 0.286. The largest absolute Gasteiger partial charge is 0.492 e. The monoisotopic (exact) mass is 406 g/mol. The van der Waals surface area contributed by atoms with Crippen molar-refractivity contribution in [1.29, 1.82) is 0 Å². The van der Waals surface area contributed by atoms with E-state index in [4.69, 9.17) is 4.74 Å². The third kappa shape index (κ3) is 4.99. The molecule has 1 fully saturated rings. The number of nitrogens with zero attached hydrogens (tertiary/aromatic N) is 5. The van der Waals surface area contributed by atoms with Crippen LogP contribution in [0, 0.1) is 5.92 Å². The lowest BCUT2D eigenvalue weighted by Crippen LogP contribution is -2.28. The number of carbonyl (C=O) groups is 2. The molecule has 0 saturated carbocycles. The zero-order valence-corrected chi connectivity index (χ0v) is 16.3. The number of nitrogens with one attached hydrogen (secondary N) is 1. The Hall–Kier alpha value is -3.75. The molecule has 1 atom stereocenters. The second-order valence-corrected chi connectivity index (χ2v) is 7.02. The topological polar surface area (TPSA) is 102 Å². The molecule has 0 bridgehead atoms. The van der Waals surface area contributed by atoms with Crippen molar-refractivity contribution < 1.29 is 14.3 Å². The van der Waals surface area contributed by atoms with E-state index in [1.54, 1.807) is 34.2 Å². The molecule has 3 heterocycles. The molecule has 1 aromatic carbocycles. The summed E-state index contributed by atoms with van der Waals surface area (Å²) in [5.74, 6) is 0.0444. The van der Waals surface area contributed by atoms with Gasteiger partial charge in [0.05, 0.1) is 24.7 Å². The van der Waals surface area contributed by atoms with Gasteiger partial charge in [0.2, 0.25) is 11.8 Å². The van der Waals surface area contributed by atoms with E-state index in [0.717, 1.165) is 5.69 Å². The van der Waals surface area contributed by atoms with Gasteiger partial charge in [-0.15, -0.1) is 0 Å². The summed E-state index contributed by atoms with van der Waals surface area (Å²) < 4.78 is 7.40. The third-order valence-electron chi connectivity index (χ3n) is 4.82. The first-order chi connectivity index (χ1) is 14.7. The van der Waals surface area contributed by atoms with Crippen molar-refractivity contribution in [2.24, 2.45) is 5.92 Å². The molecule has 1 saturated heterocycles. The van der Waals surface area contributed by atoms with Gasteiger partial charge >= 0.3 is 0 Å². The minimum atomic E-state index is -0.391. The van der Waals surface area contributed by atoms with Gasteiger partial charge in [0, 0.05) is 30.9 Å². The number of ether oxygens (including phenoxy) is 1. The Balaban J connectivity index is 1.29. The maximum absolute atomic E-state index is 12.7. The van der Waals surface area contributed by atoms with Crippen LogP contribution in [0.15, 0.2) is 61.3 Å². The summed E-state index contributed by atoms with van der Waals surface area (Å²) in [5, 5.41) is 6.91. The minimum absolute atomic E-state index is 0.0361. The number of carbonyl (C=O) groups excluding carboxylic acids is 2. The highest BCUT2D eigenvalue weighted by atomic mass is 16.5. The van der Waals surface area contributed by atoms with Crippen molar-refractivity contribution in [3.63, 3.8) is 0 Å². The van der Waals surface area contributed by atoms with Crippen LogP contribution in [0.5, 0.6) is 5.75 Å². The number of likely N-dealkylation sites (tertiary alicyclic amines) is 1. The normalized spacial score (nSPS) is 15.9. The fourth-order valence-electron chi connectivity index (χ4n) is 3.30. The molecule has 0 aliphatic carbocycles. The van der Waals surface area contributed by atoms with Crippen molar-refractivity contribution in [2.45, 2.75) is 19.5 Å². The zero-order chi connectivity index (χ0) is 20.8. The molecule has 0 spiro atoms. The van der Waals surface area contributed by atoms with E-state index in [9.17, 15) is 9.59 Å². The molecule has 1 unspecified atom stereocenters. The standard InChI is InChI=1S/C21H22N6O3/c28-20-10-16(12-26(20)13-18-4-1-2-7-23-18)21(29)25-17-5-3-6-19(11-17)30-9-8-27-15-22-14-24-27/h1-7,11,14-16H,8-10,12-13H2,(H,25,29). The highest BCUT2D eigenvalue weighted by Crippen LogP contribution is 2.23.